The van der Waals surface area contributed by atoms with Crippen LogP contribution in [0.3, 0.4) is 0 Å². The third-order valence-electron chi connectivity index (χ3n) is 2.43. The number of nitrogens with one attached hydrogen (secondary N) is 1. The molecule has 2 atom stereocenters. The van der Waals surface area contributed by atoms with Crippen molar-refractivity contribution >= 4 is 16.1 Å². The van der Waals surface area contributed by atoms with Gasteiger partial charge in [-0.05, 0) is 17.7 Å². The molecule has 0 heterocycles. The summed E-state index contributed by atoms with van der Waals surface area (Å²) in [6.07, 6.45) is -2.57. The highest BCUT2D eigenvalue weighted by Crippen LogP contribution is 2.20. The van der Waals surface area contributed by atoms with Gasteiger partial charge in [0.25, 0.3) is 0 Å². The molecule has 8 heteroatoms. The van der Waals surface area contributed by atoms with Gasteiger partial charge in [0.1, 0.15) is 12.2 Å². The average molecular weight is 291 g/mol. The van der Waals surface area contributed by atoms with Crippen LogP contribution in [0.5, 0.6) is 0 Å². The summed E-state index contributed by atoms with van der Waals surface area (Å²) in [4.78, 5) is 10.1. The molecule has 106 valence electrons. The summed E-state index contributed by atoms with van der Waals surface area (Å²) in [5.74, 6) is -0.356. The summed E-state index contributed by atoms with van der Waals surface area (Å²) in [6, 6.07) is 4.35. The Morgan fingerprint density at radius 2 is 1.84 bits per heavy atom. The van der Waals surface area contributed by atoms with E-state index in [-0.39, 0.29) is 18.0 Å². The van der Waals surface area contributed by atoms with Gasteiger partial charge in [0.15, 0.2) is 0 Å². The maximum atomic E-state index is 12.6. The number of aliphatic hydroxyl groups is 2. The number of halogens is 1. The Morgan fingerprint density at radius 3 is 2.26 bits per heavy atom. The Labute approximate surface area is 110 Å². The van der Waals surface area contributed by atoms with Gasteiger partial charge in [-0.1, -0.05) is 12.1 Å². The topological polar surface area (TPSA) is 104 Å². The second kappa shape index (κ2) is 6.09. The second-order valence-corrected chi connectivity index (χ2v) is 5.30. The van der Waals surface area contributed by atoms with Crippen LogP contribution in [0.1, 0.15) is 18.6 Å². The summed E-state index contributed by atoms with van der Waals surface area (Å²) in [5.41, 5.74) is 0.213. The minimum atomic E-state index is -4.79. The monoisotopic (exact) mass is 291 g/mol. The lowest BCUT2D eigenvalue weighted by Gasteiger charge is -2.18. The van der Waals surface area contributed by atoms with E-state index in [2.05, 4.69) is 5.32 Å². The van der Waals surface area contributed by atoms with Gasteiger partial charge in [-0.3, -0.25) is 4.79 Å². The number of carbonyl (C=O) groups excluding carboxylic acids is 1. The van der Waals surface area contributed by atoms with Gasteiger partial charge < -0.3 is 15.5 Å². The van der Waals surface area contributed by atoms with Crippen molar-refractivity contribution in [2.75, 3.05) is 6.54 Å². The van der Waals surface area contributed by atoms with Crippen molar-refractivity contribution < 1.29 is 27.3 Å². The molecule has 0 aliphatic rings. The summed E-state index contributed by atoms with van der Waals surface area (Å²) in [6.45, 7) is 1.11. The standard InChI is InChI=1S/C11H14FNO5S/c1-7(14)13-6-10(15)11(16)8-2-4-9(5-3-8)19(12,17)18/h2-5,10-11,15-16H,6H2,1H3,(H,13,14). The molecular formula is C11H14FNO5S. The van der Waals surface area contributed by atoms with Crippen molar-refractivity contribution in [3.8, 4) is 0 Å². The Kier molecular flexibility index (Phi) is 4.98. The van der Waals surface area contributed by atoms with Gasteiger partial charge in [0, 0.05) is 13.5 Å². The van der Waals surface area contributed by atoms with Crippen LogP contribution < -0.4 is 5.32 Å². The first-order chi connectivity index (χ1) is 8.71. The molecule has 0 aliphatic carbocycles. The molecule has 6 nitrogen and oxygen atoms in total. The normalized spacial score (nSPS) is 14.7. The molecule has 0 saturated carbocycles. The molecule has 3 N–H and O–H groups in total. The van der Waals surface area contributed by atoms with E-state index in [1.54, 1.807) is 0 Å². The fraction of sp³-hybridized carbons (Fsp3) is 0.364. The fourth-order valence-corrected chi connectivity index (χ4v) is 1.87. The first-order valence-electron chi connectivity index (χ1n) is 5.37. The SMILES string of the molecule is CC(=O)NCC(O)C(O)c1ccc(S(=O)(=O)F)cc1. The van der Waals surface area contributed by atoms with Crippen molar-refractivity contribution in [1.82, 2.24) is 5.32 Å². The molecule has 0 bridgehead atoms. The van der Waals surface area contributed by atoms with Gasteiger partial charge >= 0.3 is 10.2 Å². The molecule has 0 aromatic heterocycles. The average Bonchev–Trinajstić information content (AvgIpc) is 2.34. The smallest absolute Gasteiger partial charge is 0.332 e. The summed E-state index contributed by atoms with van der Waals surface area (Å²) < 4.78 is 33.8. The highest BCUT2D eigenvalue weighted by Gasteiger charge is 2.19. The molecular weight excluding hydrogens is 277 g/mol. The summed E-state index contributed by atoms with van der Waals surface area (Å²) >= 11 is 0. The number of benzene rings is 1. The number of aliphatic hydroxyl groups excluding tert-OH is 2. The zero-order valence-electron chi connectivity index (χ0n) is 10.1. The first kappa shape index (κ1) is 15.5. The third-order valence-corrected chi connectivity index (χ3v) is 3.26. The van der Waals surface area contributed by atoms with E-state index < -0.39 is 27.3 Å². The van der Waals surface area contributed by atoms with Crippen LogP contribution >= 0.6 is 0 Å². The van der Waals surface area contributed by atoms with Crippen LogP contribution in [-0.4, -0.2) is 37.2 Å². The zero-order chi connectivity index (χ0) is 14.6. The van der Waals surface area contributed by atoms with Crippen LogP contribution in [0.4, 0.5) is 3.89 Å². The van der Waals surface area contributed by atoms with Crippen LogP contribution in [0, 0.1) is 0 Å². The van der Waals surface area contributed by atoms with E-state index in [1.165, 1.54) is 19.1 Å². The largest absolute Gasteiger partial charge is 0.388 e. The second-order valence-electron chi connectivity index (χ2n) is 3.96. The Bertz CT molecular complexity index is 543. The molecule has 1 amide bonds. The van der Waals surface area contributed by atoms with Crippen LogP contribution in [0.15, 0.2) is 29.2 Å². The maximum Gasteiger partial charge on any atom is 0.332 e. The molecule has 2 unspecified atom stereocenters. The lowest BCUT2D eigenvalue weighted by atomic mass is 10.0. The van der Waals surface area contributed by atoms with Crippen LogP contribution in [-0.2, 0) is 15.0 Å². The molecule has 0 fully saturated rings. The summed E-state index contributed by atoms with van der Waals surface area (Å²) in [7, 11) is -4.79. The van der Waals surface area contributed by atoms with E-state index in [0.29, 0.717) is 0 Å². The lowest BCUT2D eigenvalue weighted by Crippen LogP contribution is -2.34. The molecule has 0 saturated heterocycles. The maximum absolute atomic E-state index is 12.6. The van der Waals surface area contributed by atoms with E-state index in [9.17, 15) is 27.3 Å². The predicted molar refractivity (Wildman–Crippen MR) is 64.4 cm³/mol. The van der Waals surface area contributed by atoms with Crippen LogP contribution in [0.25, 0.3) is 0 Å². The predicted octanol–water partition coefficient (Wildman–Crippen LogP) is -0.125. The van der Waals surface area contributed by atoms with Crippen molar-refractivity contribution in [1.29, 1.82) is 0 Å². The first-order valence-corrected chi connectivity index (χ1v) is 6.75. The Hall–Kier alpha value is -1.51. The minimum Gasteiger partial charge on any atom is -0.388 e. The number of amides is 1. The lowest BCUT2D eigenvalue weighted by molar-refractivity contribution is -0.119. The number of hydrogen-bond donors (Lipinski definition) is 3. The Balaban J connectivity index is 2.77. The fourth-order valence-electron chi connectivity index (χ4n) is 1.41. The van der Waals surface area contributed by atoms with Gasteiger partial charge in [0.05, 0.1) is 4.90 Å². The highest BCUT2D eigenvalue weighted by atomic mass is 32.3. The number of carbonyl (C=O) groups is 1. The molecule has 1 aromatic rings. The van der Waals surface area contributed by atoms with E-state index >= 15 is 0 Å². The minimum absolute atomic E-state index is 0.153. The van der Waals surface area contributed by atoms with E-state index in [1.807, 2.05) is 0 Å². The van der Waals surface area contributed by atoms with Crippen molar-refractivity contribution in [2.24, 2.45) is 0 Å². The van der Waals surface area contributed by atoms with Crippen molar-refractivity contribution in [3.05, 3.63) is 29.8 Å². The molecule has 1 aromatic carbocycles. The highest BCUT2D eigenvalue weighted by molar-refractivity contribution is 7.86. The molecule has 19 heavy (non-hydrogen) atoms. The molecule has 0 aliphatic heterocycles. The van der Waals surface area contributed by atoms with Crippen LogP contribution in [0.2, 0.25) is 0 Å². The van der Waals surface area contributed by atoms with Gasteiger partial charge in [0.2, 0.25) is 5.91 Å². The summed E-state index contributed by atoms with van der Waals surface area (Å²) in [5, 5.41) is 21.7. The van der Waals surface area contributed by atoms with E-state index in [0.717, 1.165) is 12.1 Å². The molecule has 1 rings (SSSR count). The third kappa shape index (κ3) is 4.58. The Morgan fingerprint density at radius 1 is 1.32 bits per heavy atom. The number of rotatable bonds is 5. The van der Waals surface area contributed by atoms with Crippen molar-refractivity contribution in [2.45, 2.75) is 24.0 Å². The van der Waals surface area contributed by atoms with Gasteiger partial charge in [-0.15, -0.1) is 3.89 Å². The van der Waals surface area contributed by atoms with Crippen molar-refractivity contribution in [3.63, 3.8) is 0 Å². The van der Waals surface area contributed by atoms with E-state index in [4.69, 9.17) is 0 Å². The van der Waals surface area contributed by atoms with Gasteiger partial charge in [-0.2, -0.15) is 8.42 Å². The quantitative estimate of drug-likeness (QED) is 0.656. The van der Waals surface area contributed by atoms with Gasteiger partial charge in [-0.25, -0.2) is 0 Å². The molecule has 0 spiro atoms. The number of hydrogen-bond acceptors (Lipinski definition) is 5. The molecule has 0 radical (unpaired) electrons. The zero-order valence-corrected chi connectivity index (χ0v) is 10.9.